The molecule has 1 aliphatic carbocycles. The Kier molecular flexibility index (Phi) is 3.41. The second-order valence-corrected chi connectivity index (χ2v) is 3.52. The molecule has 0 aromatic rings. The van der Waals surface area contributed by atoms with Crippen LogP contribution in [0.5, 0.6) is 0 Å². The van der Waals surface area contributed by atoms with Gasteiger partial charge in [-0.2, -0.15) is 0 Å². The number of ketones is 1. The van der Waals surface area contributed by atoms with Gasteiger partial charge in [0.05, 0.1) is 13.0 Å². The Morgan fingerprint density at radius 2 is 2.29 bits per heavy atom. The average molecular weight is 198 g/mol. The summed E-state index contributed by atoms with van der Waals surface area (Å²) in [7, 11) is 1.56. The van der Waals surface area contributed by atoms with Gasteiger partial charge in [0, 0.05) is 13.0 Å². The van der Waals surface area contributed by atoms with E-state index in [1.54, 1.807) is 14.0 Å². The van der Waals surface area contributed by atoms with Crippen LogP contribution in [0.1, 0.15) is 19.8 Å². The van der Waals surface area contributed by atoms with Crippen LogP contribution in [0.3, 0.4) is 0 Å². The predicted octanol–water partition coefficient (Wildman–Crippen LogP) is 1.01. The number of carboxylic acids is 1. The van der Waals surface area contributed by atoms with E-state index in [0.29, 0.717) is 18.6 Å². The van der Waals surface area contributed by atoms with Gasteiger partial charge in [-0.25, -0.2) is 0 Å². The summed E-state index contributed by atoms with van der Waals surface area (Å²) < 4.78 is 4.94. The third kappa shape index (κ3) is 2.20. The van der Waals surface area contributed by atoms with Gasteiger partial charge in [-0.1, -0.05) is 0 Å². The molecule has 1 aliphatic rings. The summed E-state index contributed by atoms with van der Waals surface area (Å²) in [6, 6.07) is 0. The van der Waals surface area contributed by atoms with Gasteiger partial charge in [0.15, 0.2) is 5.78 Å². The fourth-order valence-corrected chi connectivity index (χ4v) is 1.74. The van der Waals surface area contributed by atoms with E-state index in [9.17, 15) is 9.59 Å². The van der Waals surface area contributed by atoms with Crippen LogP contribution in [-0.4, -0.2) is 30.6 Å². The molecule has 1 rings (SSSR count). The van der Waals surface area contributed by atoms with Gasteiger partial charge in [-0.3, -0.25) is 9.59 Å². The number of ether oxygens (including phenoxy) is 1. The van der Waals surface area contributed by atoms with Crippen molar-refractivity contribution in [2.45, 2.75) is 19.8 Å². The van der Waals surface area contributed by atoms with Crippen molar-refractivity contribution in [2.75, 3.05) is 13.7 Å². The van der Waals surface area contributed by atoms with Gasteiger partial charge in [0.25, 0.3) is 0 Å². The second kappa shape index (κ2) is 4.37. The van der Waals surface area contributed by atoms with Crippen molar-refractivity contribution in [2.24, 2.45) is 5.92 Å². The summed E-state index contributed by atoms with van der Waals surface area (Å²) in [5.74, 6) is -1.34. The van der Waals surface area contributed by atoms with E-state index in [1.165, 1.54) is 0 Å². The summed E-state index contributed by atoms with van der Waals surface area (Å²) in [5.41, 5.74) is 1.61. The van der Waals surface area contributed by atoms with E-state index < -0.39 is 5.97 Å². The minimum absolute atomic E-state index is 0.0422. The first-order chi connectivity index (χ1) is 6.56. The number of carboxylic acid groups (broad SMARTS) is 1. The van der Waals surface area contributed by atoms with Crippen LogP contribution < -0.4 is 0 Å². The van der Waals surface area contributed by atoms with E-state index in [4.69, 9.17) is 9.84 Å². The summed E-state index contributed by atoms with van der Waals surface area (Å²) in [6.07, 6.45) is 0.453. The molecule has 1 N–H and O–H groups in total. The molecule has 0 amide bonds. The first-order valence-electron chi connectivity index (χ1n) is 4.49. The zero-order valence-electron chi connectivity index (χ0n) is 8.37. The van der Waals surface area contributed by atoms with Gasteiger partial charge < -0.3 is 9.84 Å². The van der Waals surface area contributed by atoms with Crippen LogP contribution in [-0.2, 0) is 14.3 Å². The van der Waals surface area contributed by atoms with Crippen molar-refractivity contribution in [3.05, 3.63) is 11.1 Å². The normalized spacial score (nSPS) is 21.9. The molecule has 0 fully saturated rings. The number of aliphatic carboxylic acids is 1. The maximum Gasteiger partial charge on any atom is 0.304 e. The first kappa shape index (κ1) is 10.9. The minimum atomic E-state index is -0.921. The highest BCUT2D eigenvalue weighted by Crippen LogP contribution is 2.30. The molecule has 0 saturated carbocycles. The molecule has 0 heterocycles. The van der Waals surface area contributed by atoms with Crippen LogP contribution in [0.2, 0.25) is 0 Å². The highest BCUT2D eigenvalue weighted by molar-refractivity contribution is 6.01. The maximum absolute atomic E-state index is 11.5. The van der Waals surface area contributed by atoms with Crippen molar-refractivity contribution in [3.63, 3.8) is 0 Å². The monoisotopic (exact) mass is 198 g/mol. The van der Waals surface area contributed by atoms with Crippen molar-refractivity contribution in [3.8, 4) is 0 Å². The molecule has 0 radical (unpaired) electrons. The largest absolute Gasteiger partial charge is 0.481 e. The molecule has 0 saturated heterocycles. The third-order valence-corrected chi connectivity index (χ3v) is 2.50. The summed E-state index contributed by atoms with van der Waals surface area (Å²) in [5, 5.41) is 8.59. The lowest BCUT2D eigenvalue weighted by molar-refractivity contribution is -0.139. The summed E-state index contributed by atoms with van der Waals surface area (Å²) >= 11 is 0. The number of allylic oxidation sites excluding steroid dienone is 1. The molecule has 0 aromatic carbocycles. The second-order valence-electron chi connectivity index (χ2n) is 3.52. The van der Waals surface area contributed by atoms with E-state index in [1.807, 2.05) is 0 Å². The lowest BCUT2D eigenvalue weighted by Crippen LogP contribution is -2.13. The number of carbonyl (C=O) groups excluding carboxylic acids is 1. The molecular formula is C10H14O4. The molecule has 0 aliphatic heterocycles. The van der Waals surface area contributed by atoms with Gasteiger partial charge in [0.2, 0.25) is 0 Å². The lowest BCUT2D eigenvalue weighted by Gasteiger charge is -2.04. The molecule has 78 valence electrons. The zero-order valence-corrected chi connectivity index (χ0v) is 8.37. The van der Waals surface area contributed by atoms with Gasteiger partial charge in [-0.05, 0) is 24.5 Å². The van der Waals surface area contributed by atoms with Crippen molar-refractivity contribution >= 4 is 11.8 Å². The summed E-state index contributed by atoms with van der Waals surface area (Å²) in [4.78, 5) is 22.0. The Morgan fingerprint density at radius 1 is 1.64 bits per heavy atom. The highest BCUT2D eigenvalue weighted by Gasteiger charge is 2.31. The Balaban J connectivity index is 2.67. The van der Waals surface area contributed by atoms with Crippen molar-refractivity contribution in [1.82, 2.24) is 0 Å². The number of Topliss-reactive ketones (excluding diaryl/α,β-unsaturated/α-hetero) is 1. The van der Waals surface area contributed by atoms with E-state index in [-0.39, 0.29) is 18.1 Å². The number of methoxy groups -OCH3 is 1. The molecule has 14 heavy (non-hydrogen) atoms. The van der Waals surface area contributed by atoms with Gasteiger partial charge >= 0.3 is 5.97 Å². The number of rotatable bonds is 4. The molecule has 0 spiro atoms. The molecule has 4 heteroatoms. The van der Waals surface area contributed by atoms with Gasteiger partial charge in [-0.15, -0.1) is 0 Å². The average Bonchev–Trinajstić information content (AvgIpc) is 2.34. The van der Waals surface area contributed by atoms with Crippen LogP contribution >= 0.6 is 0 Å². The smallest absolute Gasteiger partial charge is 0.304 e. The molecule has 4 nitrogen and oxygen atoms in total. The Bertz CT molecular complexity index is 290. The number of carbonyl (C=O) groups is 2. The van der Waals surface area contributed by atoms with E-state index in [0.717, 1.165) is 5.57 Å². The van der Waals surface area contributed by atoms with Crippen molar-refractivity contribution in [1.29, 1.82) is 0 Å². The van der Waals surface area contributed by atoms with E-state index in [2.05, 4.69) is 0 Å². The van der Waals surface area contributed by atoms with Crippen LogP contribution in [0.25, 0.3) is 0 Å². The Morgan fingerprint density at radius 3 is 2.79 bits per heavy atom. The fraction of sp³-hybridized carbons (Fsp3) is 0.600. The van der Waals surface area contributed by atoms with Gasteiger partial charge in [0.1, 0.15) is 0 Å². The molecule has 0 aromatic heterocycles. The number of hydrogen-bond donors (Lipinski definition) is 1. The van der Waals surface area contributed by atoms with Crippen LogP contribution in [0.15, 0.2) is 11.1 Å². The van der Waals surface area contributed by atoms with Crippen LogP contribution in [0.4, 0.5) is 0 Å². The van der Waals surface area contributed by atoms with E-state index >= 15 is 0 Å². The third-order valence-electron chi connectivity index (χ3n) is 2.50. The van der Waals surface area contributed by atoms with Crippen molar-refractivity contribution < 1.29 is 19.4 Å². The molecular weight excluding hydrogens is 184 g/mol. The van der Waals surface area contributed by atoms with Crippen LogP contribution in [0, 0.1) is 5.92 Å². The summed E-state index contributed by atoms with van der Waals surface area (Å²) in [6.45, 7) is 2.16. The Labute approximate surface area is 82.6 Å². The Hall–Kier alpha value is -1.16. The highest BCUT2D eigenvalue weighted by atomic mass is 16.5. The standard InChI is InChI=1S/C10H14O4/c1-6-8(5-14-2)3-7(10(6)13)4-9(11)12/h7H,3-5H2,1-2H3,(H,11,12). The molecule has 1 unspecified atom stereocenters. The lowest BCUT2D eigenvalue weighted by atomic mass is 10.00. The minimum Gasteiger partial charge on any atom is -0.481 e. The molecule has 0 bridgehead atoms. The maximum atomic E-state index is 11.5. The topological polar surface area (TPSA) is 63.6 Å². The predicted molar refractivity (Wildman–Crippen MR) is 49.9 cm³/mol. The fourth-order valence-electron chi connectivity index (χ4n) is 1.74. The molecule has 1 atom stereocenters. The first-order valence-corrected chi connectivity index (χ1v) is 4.49. The number of hydrogen-bond acceptors (Lipinski definition) is 3. The quantitative estimate of drug-likeness (QED) is 0.732. The zero-order chi connectivity index (χ0) is 10.7. The SMILES string of the molecule is COCC1=C(C)C(=O)C(CC(=O)O)C1.